The first-order valence-electron chi connectivity index (χ1n) is 9.74. The first-order valence-corrected chi connectivity index (χ1v) is 10.7. The summed E-state index contributed by atoms with van der Waals surface area (Å²) in [5.74, 6) is 2.35. The summed E-state index contributed by atoms with van der Waals surface area (Å²) in [6.45, 7) is 6.34. The minimum absolute atomic E-state index is 0.267. The van der Waals surface area contributed by atoms with Crippen molar-refractivity contribution < 1.29 is 4.79 Å². The number of carbonyl (C=O) groups is 1. The van der Waals surface area contributed by atoms with E-state index in [-0.39, 0.29) is 5.91 Å². The fourth-order valence-electron chi connectivity index (χ4n) is 5.41. The quantitative estimate of drug-likeness (QED) is 0.827. The van der Waals surface area contributed by atoms with Crippen molar-refractivity contribution in [3.8, 4) is 0 Å². The number of hydrogen-bond acceptors (Lipinski definition) is 3. The number of fused-ring (bicyclic) bond motifs is 1. The van der Waals surface area contributed by atoms with E-state index in [9.17, 15) is 4.79 Å². The summed E-state index contributed by atoms with van der Waals surface area (Å²) >= 11 is 1.79. The van der Waals surface area contributed by atoms with E-state index >= 15 is 0 Å². The topological polar surface area (TPSA) is 23.6 Å². The molecule has 2 aliphatic heterocycles. The molecule has 1 aromatic rings. The molecule has 0 radical (unpaired) electrons. The van der Waals surface area contributed by atoms with Crippen LogP contribution in [0.15, 0.2) is 16.8 Å². The van der Waals surface area contributed by atoms with E-state index in [0.29, 0.717) is 17.9 Å². The Morgan fingerprint density at radius 1 is 1.21 bits per heavy atom. The van der Waals surface area contributed by atoms with E-state index in [2.05, 4.69) is 26.6 Å². The molecule has 4 heteroatoms. The first-order chi connectivity index (χ1) is 11.7. The third-order valence-corrected chi connectivity index (χ3v) is 7.33. The number of carbonyl (C=O) groups excluding carboxylic acids is 1. The van der Waals surface area contributed by atoms with E-state index in [1.807, 2.05) is 0 Å². The number of nitrogens with zero attached hydrogens (tertiary/aromatic N) is 2. The van der Waals surface area contributed by atoms with Gasteiger partial charge in [-0.3, -0.25) is 4.79 Å². The first kappa shape index (κ1) is 16.6. The SMILES string of the molecule is CC(=O)N1C[C@@H](c2ccsc2)[C@@H]2CN(CC3CCCCC3)CC[C@@H]21. The van der Waals surface area contributed by atoms with Crippen LogP contribution in [0, 0.1) is 11.8 Å². The zero-order valence-electron chi connectivity index (χ0n) is 14.8. The molecule has 0 aromatic carbocycles. The maximum Gasteiger partial charge on any atom is 0.219 e. The van der Waals surface area contributed by atoms with Crippen molar-refractivity contribution >= 4 is 17.2 Å². The molecule has 3 atom stereocenters. The van der Waals surface area contributed by atoms with E-state index in [1.54, 1.807) is 18.3 Å². The van der Waals surface area contributed by atoms with Crippen LogP contribution in [-0.4, -0.2) is 47.9 Å². The Morgan fingerprint density at radius 2 is 2.04 bits per heavy atom. The predicted octanol–water partition coefficient (Wildman–Crippen LogP) is 3.96. The highest BCUT2D eigenvalue weighted by atomic mass is 32.1. The van der Waals surface area contributed by atoms with Crippen LogP contribution in [0.1, 0.15) is 56.9 Å². The Bertz CT molecular complexity index is 552. The molecule has 1 saturated carbocycles. The van der Waals surface area contributed by atoms with E-state index in [0.717, 1.165) is 18.9 Å². The summed E-state index contributed by atoms with van der Waals surface area (Å²) in [5, 5.41) is 4.48. The van der Waals surface area contributed by atoms with Crippen LogP contribution in [0.25, 0.3) is 0 Å². The summed E-state index contributed by atoms with van der Waals surface area (Å²) < 4.78 is 0. The second-order valence-corrected chi connectivity index (χ2v) is 8.90. The van der Waals surface area contributed by atoms with Crippen molar-refractivity contribution in [1.29, 1.82) is 0 Å². The largest absolute Gasteiger partial charge is 0.339 e. The monoisotopic (exact) mass is 346 g/mol. The summed E-state index contributed by atoms with van der Waals surface area (Å²) in [4.78, 5) is 17.0. The Kier molecular flexibility index (Phi) is 4.95. The van der Waals surface area contributed by atoms with Crippen LogP contribution in [0.3, 0.4) is 0 Å². The van der Waals surface area contributed by atoms with Crippen molar-refractivity contribution in [3.05, 3.63) is 22.4 Å². The van der Waals surface area contributed by atoms with Gasteiger partial charge in [-0.05, 0) is 47.6 Å². The molecular weight excluding hydrogens is 316 g/mol. The van der Waals surface area contributed by atoms with Gasteiger partial charge in [-0.2, -0.15) is 11.3 Å². The van der Waals surface area contributed by atoms with Crippen LogP contribution < -0.4 is 0 Å². The zero-order valence-corrected chi connectivity index (χ0v) is 15.6. The fourth-order valence-corrected chi connectivity index (χ4v) is 6.13. The molecule has 0 spiro atoms. The summed E-state index contributed by atoms with van der Waals surface area (Å²) in [6, 6.07) is 2.74. The summed E-state index contributed by atoms with van der Waals surface area (Å²) in [5.41, 5.74) is 1.46. The molecule has 4 rings (SSSR count). The molecule has 0 unspecified atom stereocenters. The molecule has 3 heterocycles. The van der Waals surface area contributed by atoms with Crippen molar-refractivity contribution in [3.63, 3.8) is 0 Å². The standard InChI is InChI=1S/C20H30N2OS/c1-15(23)22-13-18(17-8-10-24-14-17)19-12-21(9-7-20(19)22)11-16-5-3-2-4-6-16/h8,10,14,16,18-20H,2-7,9,11-13H2,1H3/t18-,19-,20-/m0/s1. The highest BCUT2D eigenvalue weighted by Crippen LogP contribution is 2.42. The average molecular weight is 347 g/mol. The lowest BCUT2D eigenvalue weighted by Crippen LogP contribution is -2.48. The lowest BCUT2D eigenvalue weighted by molar-refractivity contribution is -0.130. The second-order valence-electron chi connectivity index (χ2n) is 8.12. The molecule has 1 amide bonds. The van der Waals surface area contributed by atoms with Gasteiger partial charge in [-0.1, -0.05) is 19.3 Å². The molecule has 3 aliphatic rings. The number of amides is 1. The molecule has 2 saturated heterocycles. The Balaban J connectivity index is 1.47. The average Bonchev–Trinajstić information content (AvgIpc) is 3.22. The number of hydrogen-bond donors (Lipinski definition) is 0. The van der Waals surface area contributed by atoms with Crippen molar-refractivity contribution in [2.75, 3.05) is 26.2 Å². The smallest absolute Gasteiger partial charge is 0.219 e. The second kappa shape index (κ2) is 7.17. The van der Waals surface area contributed by atoms with Crippen LogP contribution in [0.4, 0.5) is 0 Å². The normalized spacial score (nSPS) is 32.0. The highest BCUT2D eigenvalue weighted by molar-refractivity contribution is 7.08. The predicted molar refractivity (Wildman–Crippen MR) is 99.4 cm³/mol. The highest BCUT2D eigenvalue weighted by Gasteiger charge is 2.46. The van der Waals surface area contributed by atoms with Gasteiger partial charge in [-0.25, -0.2) is 0 Å². The third-order valence-electron chi connectivity index (χ3n) is 6.63. The number of rotatable bonds is 3. The van der Waals surface area contributed by atoms with Gasteiger partial charge in [0.2, 0.25) is 5.91 Å². The van der Waals surface area contributed by atoms with Crippen LogP contribution in [0.2, 0.25) is 0 Å². The number of piperidine rings is 1. The van der Waals surface area contributed by atoms with Gasteiger partial charge >= 0.3 is 0 Å². The zero-order chi connectivity index (χ0) is 16.5. The minimum atomic E-state index is 0.267. The molecular formula is C20H30N2OS. The van der Waals surface area contributed by atoms with Gasteiger partial charge in [0.05, 0.1) is 0 Å². The van der Waals surface area contributed by atoms with E-state index in [1.165, 1.54) is 57.3 Å². The summed E-state index contributed by atoms with van der Waals surface area (Å²) in [7, 11) is 0. The Morgan fingerprint density at radius 3 is 2.75 bits per heavy atom. The molecule has 1 aliphatic carbocycles. The number of likely N-dealkylation sites (tertiary alicyclic amines) is 2. The van der Waals surface area contributed by atoms with Crippen molar-refractivity contribution in [2.45, 2.75) is 57.4 Å². The van der Waals surface area contributed by atoms with E-state index in [4.69, 9.17) is 0 Å². The van der Waals surface area contributed by atoms with Crippen LogP contribution in [-0.2, 0) is 4.79 Å². The van der Waals surface area contributed by atoms with Crippen molar-refractivity contribution in [2.24, 2.45) is 11.8 Å². The van der Waals surface area contributed by atoms with Gasteiger partial charge in [-0.15, -0.1) is 0 Å². The third kappa shape index (κ3) is 3.28. The van der Waals surface area contributed by atoms with Gasteiger partial charge in [0, 0.05) is 51.0 Å². The van der Waals surface area contributed by atoms with Crippen molar-refractivity contribution in [1.82, 2.24) is 9.80 Å². The lowest BCUT2D eigenvalue weighted by Gasteiger charge is -2.40. The van der Waals surface area contributed by atoms with Gasteiger partial charge in [0.25, 0.3) is 0 Å². The molecule has 3 nitrogen and oxygen atoms in total. The molecule has 24 heavy (non-hydrogen) atoms. The molecule has 0 N–H and O–H groups in total. The Labute approximate surface area is 150 Å². The van der Waals surface area contributed by atoms with Gasteiger partial charge in [0.1, 0.15) is 0 Å². The summed E-state index contributed by atoms with van der Waals surface area (Å²) in [6.07, 6.45) is 8.32. The van der Waals surface area contributed by atoms with Gasteiger partial charge < -0.3 is 9.80 Å². The molecule has 0 bridgehead atoms. The molecule has 132 valence electrons. The molecule has 3 fully saturated rings. The number of thiophene rings is 1. The van der Waals surface area contributed by atoms with Crippen LogP contribution >= 0.6 is 11.3 Å². The van der Waals surface area contributed by atoms with E-state index < -0.39 is 0 Å². The van der Waals surface area contributed by atoms with Gasteiger partial charge in [0.15, 0.2) is 0 Å². The Hall–Kier alpha value is -0.870. The van der Waals surface area contributed by atoms with Crippen LogP contribution in [0.5, 0.6) is 0 Å². The fraction of sp³-hybridized carbons (Fsp3) is 0.750. The molecule has 1 aromatic heterocycles. The maximum absolute atomic E-state index is 12.1. The lowest BCUT2D eigenvalue weighted by atomic mass is 9.81. The minimum Gasteiger partial charge on any atom is -0.339 e. The maximum atomic E-state index is 12.1.